The van der Waals surface area contributed by atoms with Crippen LogP contribution in [0.2, 0.25) is 0 Å². The summed E-state index contributed by atoms with van der Waals surface area (Å²) >= 11 is 0. The second-order valence-electron chi connectivity index (χ2n) is 6.92. The van der Waals surface area contributed by atoms with Crippen molar-refractivity contribution in [1.29, 1.82) is 0 Å². The summed E-state index contributed by atoms with van der Waals surface area (Å²) in [6.07, 6.45) is 4.22. The van der Waals surface area contributed by atoms with Gasteiger partial charge in [-0.2, -0.15) is 5.10 Å². The third-order valence-corrected chi connectivity index (χ3v) is 4.47. The Balaban J connectivity index is 1.83. The standard InChI is InChI=1S/C24H31N3O3/c1-3-5-7-12-22(19-10-8-6-9-11-19)26-27-24(29)18-17-23(28)25-20-13-15-21(16-14-20)30-4-2/h6,8-11,13-16H,3-5,7,12,17-18H2,1-2H3,(H,25,28)(H,27,29)/b26-22+. The van der Waals surface area contributed by atoms with Gasteiger partial charge in [-0.05, 0) is 49.6 Å². The Morgan fingerprint density at radius 1 is 0.867 bits per heavy atom. The van der Waals surface area contributed by atoms with Gasteiger partial charge < -0.3 is 10.1 Å². The summed E-state index contributed by atoms with van der Waals surface area (Å²) in [5, 5.41) is 7.11. The predicted molar refractivity (Wildman–Crippen MR) is 121 cm³/mol. The van der Waals surface area contributed by atoms with Gasteiger partial charge in [-0.15, -0.1) is 0 Å². The van der Waals surface area contributed by atoms with Crippen LogP contribution in [-0.2, 0) is 9.59 Å². The number of anilines is 1. The fraction of sp³-hybridized carbons (Fsp3) is 0.375. The maximum absolute atomic E-state index is 12.2. The molecule has 2 amide bonds. The summed E-state index contributed by atoms with van der Waals surface area (Å²) in [6, 6.07) is 17.0. The van der Waals surface area contributed by atoms with Gasteiger partial charge in [-0.25, -0.2) is 5.43 Å². The van der Waals surface area contributed by atoms with E-state index in [1.165, 1.54) is 0 Å². The molecule has 2 rings (SSSR count). The van der Waals surface area contributed by atoms with Gasteiger partial charge in [0.05, 0.1) is 12.3 Å². The van der Waals surface area contributed by atoms with E-state index in [4.69, 9.17) is 4.74 Å². The van der Waals surface area contributed by atoms with E-state index in [9.17, 15) is 9.59 Å². The van der Waals surface area contributed by atoms with Crippen LogP contribution in [-0.4, -0.2) is 24.1 Å². The van der Waals surface area contributed by atoms with Crippen molar-refractivity contribution < 1.29 is 14.3 Å². The highest BCUT2D eigenvalue weighted by atomic mass is 16.5. The maximum Gasteiger partial charge on any atom is 0.240 e. The van der Waals surface area contributed by atoms with Crippen LogP contribution in [0.1, 0.15) is 57.9 Å². The van der Waals surface area contributed by atoms with Gasteiger partial charge in [0, 0.05) is 18.5 Å². The molecule has 0 saturated heterocycles. The monoisotopic (exact) mass is 409 g/mol. The molecule has 0 bridgehead atoms. The molecule has 0 radical (unpaired) electrons. The van der Waals surface area contributed by atoms with Crippen molar-refractivity contribution in [2.45, 2.75) is 52.4 Å². The zero-order valence-electron chi connectivity index (χ0n) is 17.8. The summed E-state index contributed by atoms with van der Waals surface area (Å²) in [4.78, 5) is 24.3. The van der Waals surface area contributed by atoms with E-state index < -0.39 is 0 Å². The molecule has 0 atom stereocenters. The lowest BCUT2D eigenvalue weighted by Gasteiger charge is -2.08. The first kappa shape index (κ1) is 23.1. The molecule has 160 valence electrons. The van der Waals surface area contributed by atoms with Gasteiger partial charge in [-0.1, -0.05) is 50.1 Å². The number of carbonyl (C=O) groups is 2. The van der Waals surface area contributed by atoms with E-state index in [0.717, 1.165) is 42.7 Å². The lowest BCUT2D eigenvalue weighted by Crippen LogP contribution is -2.22. The molecule has 6 heteroatoms. The highest BCUT2D eigenvalue weighted by Crippen LogP contribution is 2.16. The van der Waals surface area contributed by atoms with Crippen LogP contribution in [0.25, 0.3) is 0 Å². The zero-order valence-corrected chi connectivity index (χ0v) is 17.8. The number of unbranched alkanes of at least 4 members (excludes halogenated alkanes) is 2. The van der Waals surface area contributed by atoms with E-state index in [2.05, 4.69) is 22.8 Å². The Labute approximate surface area is 178 Å². The van der Waals surface area contributed by atoms with E-state index in [1.807, 2.05) is 37.3 Å². The zero-order chi connectivity index (χ0) is 21.6. The first-order valence-electron chi connectivity index (χ1n) is 10.6. The lowest BCUT2D eigenvalue weighted by molar-refractivity contribution is -0.124. The van der Waals surface area contributed by atoms with E-state index in [0.29, 0.717) is 12.3 Å². The van der Waals surface area contributed by atoms with Crippen LogP contribution in [0.5, 0.6) is 5.75 Å². The summed E-state index contributed by atoms with van der Waals surface area (Å²) < 4.78 is 5.38. The van der Waals surface area contributed by atoms with Crippen molar-refractivity contribution in [2.75, 3.05) is 11.9 Å². The second kappa shape index (κ2) is 13.1. The van der Waals surface area contributed by atoms with E-state index >= 15 is 0 Å². The number of hydrazone groups is 1. The van der Waals surface area contributed by atoms with Gasteiger partial charge in [0.15, 0.2) is 0 Å². The highest BCUT2D eigenvalue weighted by Gasteiger charge is 2.09. The number of hydrogen-bond acceptors (Lipinski definition) is 4. The second-order valence-corrected chi connectivity index (χ2v) is 6.92. The quantitative estimate of drug-likeness (QED) is 0.297. The molecule has 6 nitrogen and oxygen atoms in total. The van der Waals surface area contributed by atoms with Gasteiger partial charge in [0.2, 0.25) is 11.8 Å². The largest absolute Gasteiger partial charge is 0.494 e. The van der Waals surface area contributed by atoms with Crippen LogP contribution in [0.3, 0.4) is 0 Å². The van der Waals surface area contributed by atoms with Crippen LogP contribution in [0, 0.1) is 0 Å². The summed E-state index contributed by atoms with van der Waals surface area (Å²) in [6.45, 7) is 4.66. The van der Waals surface area contributed by atoms with Crippen LogP contribution < -0.4 is 15.5 Å². The molecule has 2 N–H and O–H groups in total. The topological polar surface area (TPSA) is 79.8 Å². The number of hydrogen-bond donors (Lipinski definition) is 2. The van der Waals surface area contributed by atoms with E-state index in [-0.39, 0.29) is 24.7 Å². The normalized spacial score (nSPS) is 11.1. The smallest absolute Gasteiger partial charge is 0.240 e. The number of benzene rings is 2. The third-order valence-electron chi connectivity index (χ3n) is 4.47. The van der Waals surface area contributed by atoms with Crippen molar-refractivity contribution in [3.63, 3.8) is 0 Å². The number of ether oxygens (including phenoxy) is 1. The van der Waals surface area contributed by atoms with Crippen molar-refractivity contribution >= 4 is 23.2 Å². The number of rotatable bonds is 12. The first-order valence-corrected chi connectivity index (χ1v) is 10.6. The molecule has 0 fully saturated rings. The van der Waals surface area contributed by atoms with Gasteiger partial charge in [-0.3, -0.25) is 9.59 Å². The Morgan fingerprint density at radius 3 is 2.23 bits per heavy atom. The fourth-order valence-corrected chi connectivity index (χ4v) is 2.88. The van der Waals surface area contributed by atoms with Crippen LogP contribution in [0.4, 0.5) is 5.69 Å². The fourth-order valence-electron chi connectivity index (χ4n) is 2.88. The Morgan fingerprint density at radius 2 is 1.57 bits per heavy atom. The molecule has 0 aliphatic rings. The van der Waals surface area contributed by atoms with Crippen molar-refractivity contribution in [2.24, 2.45) is 5.10 Å². The Bertz CT molecular complexity index is 817. The molecule has 0 heterocycles. The SMILES string of the molecule is CCCCC/C(=N\NC(=O)CCC(=O)Nc1ccc(OCC)cc1)c1ccccc1. The molecule has 0 aliphatic heterocycles. The van der Waals surface area contributed by atoms with E-state index in [1.54, 1.807) is 24.3 Å². The van der Waals surface area contributed by atoms with Crippen molar-refractivity contribution in [3.05, 3.63) is 60.2 Å². The van der Waals surface area contributed by atoms with Gasteiger partial charge in [0.25, 0.3) is 0 Å². The average molecular weight is 410 g/mol. The number of nitrogens with zero attached hydrogens (tertiary/aromatic N) is 1. The number of nitrogens with one attached hydrogen (secondary N) is 2. The molecule has 2 aromatic carbocycles. The van der Waals surface area contributed by atoms with Crippen LogP contribution >= 0.6 is 0 Å². The molecular formula is C24H31N3O3. The molecule has 0 saturated carbocycles. The van der Waals surface area contributed by atoms with Crippen LogP contribution in [0.15, 0.2) is 59.7 Å². The Hall–Kier alpha value is -3.15. The summed E-state index contributed by atoms with van der Waals surface area (Å²) in [5.74, 6) is 0.256. The minimum atomic E-state index is -0.277. The first-order chi connectivity index (χ1) is 14.6. The molecular weight excluding hydrogens is 378 g/mol. The average Bonchev–Trinajstić information content (AvgIpc) is 2.77. The molecule has 0 unspecified atom stereocenters. The molecule has 0 aromatic heterocycles. The summed E-state index contributed by atoms with van der Waals surface area (Å²) in [5.41, 5.74) is 5.13. The minimum Gasteiger partial charge on any atom is -0.494 e. The molecule has 30 heavy (non-hydrogen) atoms. The highest BCUT2D eigenvalue weighted by molar-refractivity contribution is 6.01. The molecule has 0 aliphatic carbocycles. The maximum atomic E-state index is 12.2. The molecule has 2 aromatic rings. The third kappa shape index (κ3) is 8.47. The Kier molecular flexibility index (Phi) is 10.1. The number of carbonyl (C=O) groups excluding carboxylic acids is 2. The van der Waals surface area contributed by atoms with Crippen molar-refractivity contribution in [3.8, 4) is 5.75 Å². The van der Waals surface area contributed by atoms with Crippen molar-refractivity contribution in [1.82, 2.24) is 5.43 Å². The lowest BCUT2D eigenvalue weighted by atomic mass is 10.0. The van der Waals surface area contributed by atoms with Gasteiger partial charge in [0.1, 0.15) is 5.75 Å². The minimum absolute atomic E-state index is 0.0728. The predicted octanol–water partition coefficient (Wildman–Crippen LogP) is 4.90. The summed E-state index contributed by atoms with van der Waals surface area (Å²) in [7, 11) is 0. The molecule has 0 spiro atoms. The number of amides is 2. The van der Waals surface area contributed by atoms with Gasteiger partial charge >= 0.3 is 0 Å².